The molecule has 1 aliphatic rings. The number of halogens is 1. The molecule has 0 bridgehead atoms. The second-order valence-corrected chi connectivity index (χ2v) is 8.55. The second kappa shape index (κ2) is 9.99. The van der Waals surface area contributed by atoms with E-state index in [9.17, 15) is 9.59 Å². The molecule has 2 aromatic rings. The van der Waals surface area contributed by atoms with Crippen molar-refractivity contribution in [3.8, 4) is 11.5 Å². The molecule has 0 spiro atoms. The number of hydrazone groups is 1. The Morgan fingerprint density at radius 2 is 1.93 bits per heavy atom. The topological polar surface area (TPSA) is 80.2 Å². The fourth-order valence-corrected chi connectivity index (χ4v) is 4.42. The Hall–Kier alpha value is -2.52. The number of amidine groups is 1. The fraction of sp³-hybridized carbons (Fsp3) is 0.286. The largest absolute Gasteiger partial charge is 0.490 e. The van der Waals surface area contributed by atoms with Crippen LogP contribution in [0.3, 0.4) is 0 Å². The van der Waals surface area contributed by atoms with Crippen LogP contribution in [0.4, 0.5) is 0 Å². The Balaban J connectivity index is 1.60. The molecular weight excluding hydrogens is 470 g/mol. The Morgan fingerprint density at radius 3 is 2.60 bits per heavy atom. The third-order valence-electron chi connectivity index (χ3n) is 4.09. The Kier molecular flexibility index (Phi) is 7.38. The molecule has 1 unspecified atom stereocenters. The average Bonchev–Trinajstić information content (AvgIpc) is 3.09. The van der Waals surface area contributed by atoms with Crippen molar-refractivity contribution in [2.24, 2.45) is 5.10 Å². The summed E-state index contributed by atoms with van der Waals surface area (Å²) in [5.74, 6) is 1.04. The van der Waals surface area contributed by atoms with Crippen molar-refractivity contribution < 1.29 is 19.1 Å². The minimum atomic E-state index is -0.362. The van der Waals surface area contributed by atoms with E-state index in [0.717, 1.165) is 21.3 Å². The fourth-order valence-electron chi connectivity index (χ4n) is 2.78. The summed E-state index contributed by atoms with van der Waals surface area (Å²) in [6, 6.07) is 13.5. The van der Waals surface area contributed by atoms with Crippen molar-refractivity contribution in [3.63, 3.8) is 0 Å². The first-order chi connectivity index (χ1) is 14.3. The van der Waals surface area contributed by atoms with E-state index in [2.05, 4.69) is 26.3 Å². The average molecular weight is 492 g/mol. The summed E-state index contributed by atoms with van der Waals surface area (Å²) in [6.45, 7) is 5.66. The van der Waals surface area contributed by atoms with E-state index < -0.39 is 0 Å². The first kappa shape index (κ1) is 22.2. The lowest BCUT2D eigenvalue weighted by Gasteiger charge is -2.20. The van der Waals surface area contributed by atoms with Crippen LogP contribution in [0.1, 0.15) is 30.3 Å². The van der Waals surface area contributed by atoms with Crippen molar-refractivity contribution in [3.05, 3.63) is 58.1 Å². The summed E-state index contributed by atoms with van der Waals surface area (Å²) in [6.07, 6.45) is 0. The van der Waals surface area contributed by atoms with Gasteiger partial charge in [0.2, 0.25) is 11.8 Å². The number of hydrogen-bond acceptors (Lipinski definition) is 6. The number of thioether (sulfide) groups is 1. The van der Waals surface area contributed by atoms with Crippen LogP contribution < -0.4 is 14.8 Å². The first-order valence-electron chi connectivity index (χ1n) is 9.28. The van der Waals surface area contributed by atoms with Crippen molar-refractivity contribution in [2.45, 2.75) is 26.1 Å². The summed E-state index contributed by atoms with van der Waals surface area (Å²) < 4.78 is 12.3. The Morgan fingerprint density at radius 1 is 1.17 bits per heavy atom. The van der Waals surface area contributed by atoms with E-state index in [1.165, 1.54) is 30.6 Å². The van der Waals surface area contributed by atoms with Gasteiger partial charge in [0.25, 0.3) is 0 Å². The van der Waals surface area contributed by atoms with Crippen LogP contribution in [-0.4, -0.2) is 35.2 Å². The quantitative estimate of drug-likeness (QED) is 0.611. The molecule has 0 fully saturated rings. The van der Waals surface area contributed by atoms with Crippen molar-refractivity contribution in [2.75, 3.05) is 13.2 Å². The lowest BCUT2D eigenvalue weighted by atomic mass is 10.2. The highest BCUT2D eigenvalue weighted by Crippen LogP contribution is 2.40. The monoisotopic (exact) mass is 491 g/mol. The molecule has 3 rings (SSSR count). The van der Waals surface area contributed by atoms with E-state index >= 15 is 0 Å². The number of carbonyl (C=O) groups excluding carboxylic acids is 2. The minimum Gasteiger partial charge on any atom is -0.490 e. The lowest BCUT2D eigenvalue weighted by Crippen LogP contribution is -2.25. The van der Waals surface area contributed by atoms with Crippen LogP contribution in [0.25, 0.3) is 0 Å². The molecule has 1 N–H and O–H groups in total. The molecule has 30 heavy (non-hydrogen) atoms. The lowest BCUT2D eigenvalue weighted by molar-refractivity contribution is -0.129. The summed E-state index contributed by atoms with van der Waals surface area (Å²) in [4.78, 5) is 23.3. The van der Waals surface area contributed by atoms with Gasteiger partial charge < -0.3 is 14.8 Å². The van der Waals surface area contributed by atoms with Crippen LogP contribution in [0.15, 0.2) is 52.0 Å². The van der Waals surface area contributed by atoms with Gasteiger partial charge in [0.05, 0.1) is 4.47 Å². The molecule has 2 amide bonds. The van der Waals surface area contributed by atoms with E-state index in [1.807, 2.05) is 49.4 Å². The van der Waals surface area contributed by atoms with E-state index in [-0.39, 0.29) is 17.2 Å². The number of rotatable bonds is 6. The summed E-state index contributed by atoms with van der Waals surface area (Å²) in [5, 5.41) is 8.22. The maximum atomic E-state index is 12.0. The molecule has 0 aliphatic carbocycles. The summed E-state index contributed by atoms with van der Waals surface area (Å²) >= 11 is 4.83. The van der Waals surface area contributed by atoms with Gasteiger partial charge in [-0.05, 0) is 58.2 Å². The molecule has 2 aromatic carbocycles. The van der Waals surface area contributed by atoms with Crippen LogP contribution in [0, 0.1) is 6.92 Å². The smallest absolute Gasteiger partial charge is 0.241 e. The number of ether oxygens (including phenoxy) is 2. The van der Waals surface area contributed by atoms with Gasteiger partial charge in [-0.3, -0.25) is 9.59 Å². The third-order valence-corrected chi connectivity index (χ3v) is 5.81. The number of hydrogen-bond donors (Lipinski definition) is 1. The van der Waals surface area contributed by atoms with Crippen molar-refractivity contribution in [1.82, 2.24) is 10.3 Å². The molecule has 0 saturated carbocycles. The zero-order valence-corrected chi connectivity index (χ0v) is 19.2. The molecule has 0 radical (unpaired) electrons. The van der Waals surface area contributed by atoms with E-state index in [4.69, 9.17) is 9.47 Å². The predicted octanol–water partition coefficient (Wildman–Crippen LogP) is 4.22. The molecule has 7 nitrogen and oxygen atoms in total. The van der Waals surface area contributed by atoms with Crippen molar-refractivity contribution in [1.29, 1.82) is 0 Å². The van der Waals surface area contributed by atoms with Gasteiger partial charge >= 0.3 is 0 Å². The SMILES string of the molecule is CC(=O)NC1=NN(C(C)=O)C(c2ccc(OCCOc3cccc(C)c3)c(Br)c2)S1. The van der Waals surface area contributed by atoms with Gasteiger partial charge in [0, 0.05) is 13.8 Å². The normalized spacial score (nSPS) is 15.5. The molecule has 0 aromatic heterocycles. The number of aryl methyl sites for hydroxylation is 1. The van der Waals surface area contributed by atoms with E-state index in [1.54, 1.807) is 0 Å². The van der Waals surface area contributed by atoms with Crippen LogP contribution >= 0.6 is 27.7 Å². The van der Waals surface area contributed by atoms with Crippen LogP contribution in [-0.2, 0) is 9.59 Å². The standard InChI is InChI=1S/C21H22BrN3O4S/c1-13-5-4-6-17(11-13)28-9-10-29-19-8-7-16(12-18(19)22)20-25(15(3)27)24-21(30-20)23-14(2)26/h4-8,11-12,20H,9-10H2,1-3H3,(H,23,24,26). The van der Waals surface area contributed by atoms with Crippen LogP contribution in [0.5, 0.6) is 11.5 Å². The number of nitrogens with one attached hydrogen (secondary N) is 1. The number of benzene rings is 2. The van der Waals surface area contributed by atoms with Gasteiger partial charge in [0.1, 0.15) is 30.1 Å². The molecule has 1 heterocycles. The highest BCUT2D eigenvalue weighted by atomic mass is 79.9. The molecule has 9 heteroatoms. The maximum Gasteiger partial charge on any atom is 0.241 e. The van der Waals surface area contributed by atoms with Gasteiger partial charge in [-0.15, -0.1) is 5.10 Å². The zero-order chi connectivity index (χ0) is 21.7. The highest BCUT2D eigenvalue weighted by molar-refractivity contribution is 9.10. The number of amides is 2. The Bertz CT molecular complexity index is 982. The van der Waals surface area contributed by atoms with E-state index in [0.29, 0.717) is 24.1 Å². The zero-order valence-electron chi connectivity index (χ0n) is 16.8. The molecule has 158 valence electrons. The van der Waals surface area contributed by atoms with Crippen LogP contribution in [0.2, 0.25) is 0 Å². The summed E-state index contributed by atoms with van der Waals surface area (Å²) in [7, 11) is 0. The number of nitrogens with zero attached hydrogens (tertiary/aromatic N) is 2. The molecule has 1 atom stereocenters. The number of carbonyl (C=O) groups is 2. The van der Waals surface area contributed by atoms with Gasteiger partial charge in [0.15, 0.2) is 5.17 Å². The first-order valence-corrected chi connectivity index (χ1v) is 10.9. The predicted molar refractivity (Wildman–Crippen MR) is 120 cm³/mol. The molecule has 0 saturated heterocycles. The molecule has 1 aliphatic heterocycles. The minimum absolute atomic E-state index is 0.211. The third kappa shape index (κ3) is 5.76. The van der Waals surface area contributed by atoms with Gasteiger partial charge in [-0.1, -0.05) is 30.0 Å². The second-order valence-electron chi connectivity index (χ2n) is 6.62. The summed E-state index contributed by atoms with van der Waals surface area (Å²) in [5.41, 5.74) is 2.00. The highest BCUT2D eigenvalue weighted by Gasteiger charge is 2.32. The Labute approximate surface area is 187 Å². The van der Waals surface area contributed by atoms with Gasteiger partial charge in [-0.25, -0.2) is 5.01 Å². The maximum absolute atomic E-state index is 12.0. The molecular formula is C21H22BrN3O4S. The van der Waals surface area contributed by atoms with Gasteiger partial charge in [-0.2, -0.15) is 0 Å². The van der Waals surface area contributed by atoms with Crippen molar-refractivity contribution >= 4 is 44.7 Å².